The molecule has 0 saturated carbocycles. The van der Waals surface area contributed by atoms with Crippen molar-refractivity contribution in [2.75, 3.05) is 13.7 Å². The summed E-state index contributed by atoms with van der Waals surface area (Å²) >= 11 is 12.7. The Morgan fingerprint density at radius 3 is 2.33 bits per heavy atom. The number of hydrogen-bond donors (Lipinski definition) is 0. The number of esters is 1. The summed E-state index contributed by atoms with van der Waals surface area (Å²) < 4.78 is 34.2. The Kier molecular flexibility index (Phi) is 6.59. The van der Waals surface area contributed by atoms with E-state index in [9.17, 15) is 13.2 Å². The normalized spacial score (nSPS) is 19.8. The van der Waals surface area contributed by atoms with Crippen molar-refractivity contribution in [3.05, 3.63) is 111 Å². The maximum atomic E-state index is 13.9. The number of benzene rings is 3. The molecule has 36 heavy (non-hydrogen) atoms. The Hall–Kier alpha value is -2.84. The first-order valence-electron chi connectivity index (χ1n) is 11.4. The van der Waals surface area contributed by atoms with E-state index >= 15 is 0 Å². The molecule has 0 N–H and O–H groups in total. The Morgan fingerprint density at radius 2 is 1.67 bits per heavy atom. The van der Waals surface area contributed by atoms with Gasteiger partial charge in [-0.15, -0.1) is 0 Å². The first-order valence-corrected chi connectivity index (χ1v) is 13.6. The van der Waals surface area contributed by atoms with Gasteiger partial charge in [0.1, 0.15) is 0 Å². The molecular weight excluding hydrogens is 519 g/mol. The third-order valence-electron chi connectivity index (χ3n) is 6.69. The molecule has 2 aliphatic rings. The smallest absolute Gasteiger partial charge is 0.336 e. The van der Waals surface area contributed by atoms with E-state index in [0.717, 1.165) is 16.7 Å². The molecule has 6 nitrogen and oxygen atoms in total. The summed E-state index contributed by atoms with van der Waals surface area (Å²) in [5.74, 6) is -1.19. The quantitative estimate of drug-likeness (QED) is 0.398. The summed E-state index contributed by atoms with van der Waals surface area (Å²) in [4.78, 5) is 13.3. The van der Waals surface area contributed by atoms with Gasteiger partial charge in [-0.1, -0.05) is 65.2 Å². The molecule has 5 rings (SSSR count). The number of fused-ring (bicyclic) bond motifs is 3. The molecule has 9 heteroatoms. The second-order valence-corrected chi connectivity index (χ2v) is 11.6. The standard InChI is InChI=1S/C27H24Cl2N2O4S/c1-17-7-9-22(10-8-17)36(33,34)31-16-24(27(32)35-2)25(19-13-20(28)15-21(29)14-19)26-23-6-4-3-5-18(23)11-12-30(26)31/h3-10,13-16,25-26H,11-12H2,1-2H3/t25-,26+/m1/s1. The fraction of sp³-hybridized carbons (Fsp3) is 0.222. The van der Waals surface area contributed by atoms with E-state index < -0.39 is 28.0 Å². The predicted molar refractivity (Wildman–Crippen MR) is 139 cm³/mol. The van der Waals surface area contributed by atoms with E-state index in [1.54, 1.807) is 42.5 Å². The van der Waals surface area contributed by atoms with Crippen LogP contribution in [0.15, 0.2) is 83.4 Å². The minimum absolute atomic E-state index is 0.135. The van der Waals surface area contributed by atoms with Crippen molar-refractivity contribution in [3.8, 4) is 0 Å². The molecule has 0 fully saturated rings. The number of hydrogen-bond acceptors (Lipinski definition) is 5. The van der Waals surface area contributed by atoms with Crippen LogP contribution in [0.25, 0.3) is 0 Å². The zero-order chi connectivity index (χ0) is 25.6. The monoisotopic (exact) mass is 542 g/mol. The minimum atomic E-state index is -4.03. The Bertz CT molecular complexity index is 1450. The van der Waals surface area contributed by atoms with Gasteiger partial charge in [0, 0.05) is 28.7 Å². The van der Waals surface area contributed by atoms with E-state index in [-0.39, 0.29) is 10.5 Å². The van der Waals surface area contributed by atoms with E-state index in [4.69, 9.17) is 27.9 Å². The van der Waals surface area contributed by atoms with Gasteiger partial charge in [-0.2, -0.15) is 13.4 Å². The zero-order valence-corrected chi connectivity index (χ0v) is 22.0. The molecule has 0 bridgehead atoms. The first-order chi connectivity index (χ1) is 17.2. The van der Waals surface area contributed by atoms with E-state index in [0.29, 0.717) is 28.6 Å². The van der Waals surface area contributed by atoms with Crippen LogP contribution in [-0.2, 0) is 26.0 Å². The third kappa shape index (κ3) is 4.30. The largest absolute Gasteiger partial charge is 0.466 e. The lowest BCUT2D eigenvalue weighted by atomic mass is 9.77. The molecule has 0 aliphatic carbocycles. The third-order valence-corrected chi connectivity index (χ3v) is 8.80. The van der Waals surface area contributed by atoms with Crippen LogP contribution in [0.2, 0.25) is 10.0 Å². The summed E-state index contributed by atoms with van der Waals surface area (Å²) in [6.45, 7) is 2.33. The van der Waals surface area contributed by atoms with Gasteiger partial charge < -0.3 is 4.74 Å². The SMILES string of the molecule is COC(=O)C1=CN(S(=O)(=O)c2ccc(C)cc2)N2CCc3ccccc3[C@H]2[C@@H]1c1cc(Cl)cc(Cl)c1. The molecule has 3 aromatic rings. The van der Waals surface area contributed by atoms with Gasteiger partial charge >= 0.3 is 5.97 Å². The van der Waals surface area contributed by atoms with Crippen LogP contribution >= 0.6 is 23.2 Å². The highest BCUT2D eigenvalue weighted by Gasteiger charge is 2.47. The summed E-state index contributed by atoms with van der Waals surface area (Å²) in [7, 11) is -2.74. The molecule has 0 amide bonds. The van der Waals surface area contributed by atoms with Crippen molar-refractivity contribution in [3.63, 3.8) is 0 Å². The molecule has 2 heterocycles. The second-order valence-electron chi connectivity index (χ2n) is 8.90. The summed E-state index contributed by atoms with van der Waals surface area (Å²) in [5, 5.41) is 2.66. The van der Waals surface area contributed by atoms with Crippen molar-refractivity contribution in [2.45, 2.75) is 30.2 Å². The molecule has 0 saturated heterocycles. The number of halogens is 2. The number of methoxy groups -OCH3 is 1. The van der Waals surface area contributed by atoms with Crippen LogP contribution < -0.4 is 0 Å². The summed E-state index contributed by atoms with van der Waals surface area (Å²) in [6.07, 6.45) is 2.03. The number of carbonyl (C=O) groups excluding carboxylic acids is 1. The average Bonchev–Trinajstić information content (AvgIpc) is 2.86. The van der Waals surface area contributed by atoms with Crippen molar-refractivity contribution in [2.24, 2.45) is 0 Å². The number of hydrazine groups is 1. The maximum absolute atomic E-state index is 13.9. The zero-order valence-electron chi connectivity index (χ0n) is 19.7. The fourth-order valence-electron chi connectivity index (χ4n) is 5.04. The molecule has 0 aromatic heterocycles. The van der Waals surface area contributed by atoms with Crippen LogP contribution in [0.5, 0.6) is 0 Å². The second kappa shape index (κ2) is 9.56. The highest BCUT2D eigenvalue weighted by Crippen LogP contribution is 2.50. The fourth-order valence-corrected chi connectivity index (χ4v) is 6.99. The number of rotatable bonds is 4. The van der Waals surface area contributed by atoms with E-state index in [1.165, 1.54) is 17.7 Å². The van der Waals surface area contributed by atoms with Gasteiger partial charge in [0.05, 0.1) is 23.6 Å². The Balaban J connectivity index is 1.77. The number of aryl methyl sites for hydroxylation is 1. The Labute approximate surface area is 220 Å². The molecule has 2 atom stereocenters. The highest BCUT2D eigenvalue weighted by molar-refractivity contribution is 7.89. The lowest BCUT2D eigenvalue weighted by molar-refractivity contribution is -0.137. The summed E-state index contributed by atoms with van der Waals surface area (Å²) in [6, 6.07) is 19.2. The number of ether oxygens (including phenoxy) is 1. The van der Waals surface area contributed by atoms with Crippen LogP contribution in [0.1, 0.15) is 34.2 Å². The first kappa shape index (κ1) is 24.8. The van der Waals surface area contributed by atoms with E-state index in [2.05, 4.69) is 0 Å². The van der Waals surface area contributed by atoms with Crippen LogP contribution in [-0.4, -0.2) is 37.5 Å². The van der Waals surface area contributed by atoms with Crippen LogP contribution in [0.4, 0.5) is 0 Å². The van der Waals surface area contributed by atoms with Gasteiger partial charge in [-0.25, -0.2) is 9.21 Å². The predicted octanol–water partition coefficient (Wildman–Crippen LogP) is 5.66. The molecular formula is C27H24Cl2N2O4S. The molecule has 2 aliphatic heterocycles. The van der Waals surface area contributed by atoms with Gasteiger partial charge in [0.25, 0.3) is 10.0 Å². The van der Waals surface area contributed by atoms with Gasteiger partial charge in [-0.3, -0.25) is 0 Å². The lowest BCUT2D eigenvalue weighted by Crippen LogP contribution is -2.53. The van der Waals surface area contributed by atoms with E-state index in [1.807, 2.05) is 36.2 Å². The number of carbonyl (C=O) groups is 1. The topological polar surface area (TPSA) is 66.9 Å². The number of sulfonamides is 1. The molecule has 186 valence electrons. The number of nitrogens with zero attached hydrogens (tertiary/aromatic N) is 2. The Morgan fingerprint density at radius 1 is 1.00 bits per heavy atom. The summed E-state index contributed by atoms with van der Waals surface area (Å²) in [5.41, 5.74) is 3.87. The van der Waals surface area contributed by atoms with Crippen molar-refractivity contribution < 1.29 is 17.9 Å². The lowest BCUT2D eigenvalue weighted by Gasteiger charge is -2.49. The minimum Gasteiger partial charge on any atom is -0.466 e. The highest BCUT2D eigenvalue weighted by atomic mass is 35.5. The molecule has 0 spiro atoms. The van der Waals surface area contributed by atoms with Crippen LogP contribution in [0.3, 0.4) is 0 Å². The van der Waals surface area contributed by atoms with Crippen molar-refractivity contribution in [1.82, 2.24) is 9.42 Å². The molecule has 3 aromatic carbocycles. The average molecular weight is 543 g/mol. The van der Waals surface area contributed by atoms with Crippen molar-refractivity contribution >= 4 is 39.2 Å². The van der Waals surface area contributed by atoms with Crippen molar-refractivity contribution in [1.29, 1.82) is 0 Å². The maximum Gasteiger partial charge on any atom is 0.336 e. The van der Waals surface area contributed by atoms with Crippen LogP contribution in [0, 0.1) is 6.92 Å². The van der Waals surface area contributed by atoms with Gasteiger partial charge in [0.15, 0.2) is 0 Å². The molecule has 0 radical (unpaired) electrons. The van der Waals surface area contributed by atoms with Gasteiger partial charge in [-0.05, 0) is 60.4 Å². The van der Waals surface area contributed by atoms with Gasteiger partial charge in [0.2, 0.25) is 0 Å². The molecule has 0 unspecified atom stereocenters.